The molecule has 26 N–H and O–H groups in total. The molecule has 0 bridgehead atoms. The highest BCUT2D eigenvalue weighted by molar-refractivity contribution is 8.76. The number of rotatable bonds is 30. The van der Waals surface area contributed by atoms with E-state index in [9.17, 15) is 43.5 Å². The van der Waals surface area contributed by atoms with Crippen LogP contribution in [-0.4, -0.2) is 201 Å². The highest BCUT2D eigenvalue weighted by atomic mass is 33.1. The molecule has 108 heavy (non-hydrogen) atoms. The van der Waals surface area contributed by atoms with Crippen molar-refractivity contribution in [1.29, 1.82) is 10.8 Å². The van der Waals surface area contributed by atoms with E-state index in [0.717, 1.165) is 21.6 Å². The number of H-pyrrole nitrogens is 2. The van der Waals surface area contributed by atoms with Crippen LogP contribution in [0.4, 0.5) is 0 Å². The second-order valence-corrected chi connectivity index (χ2v) is 28.5. The van der Waals surface area contributed by atoms with Crippen molar-refractivity contribution in [3.8, 4) is 5.75 Å². The number of nitrogens with one attached hydrogen (secondary N) is 17. The van der Waals surface area contributed by atoms with Crippen molar-refractivity contribution in [2.45, 2.75) is 132 Å². The van der Waals surface area contributed by atoms with Gasteiger partial charge >= 0.3 is 0 Å². The Kier molecular flexibility index (Phi) is 32.8. The van der Waals surface area contributed by atoms with E-state index in [1.54, 1.807) is 117 Å². The molecular weight excluding hydrogens is 1430 g/mol. The molecule has 10 atom stereocenters. The average molecular weight is 1530 g/mol. The summed E-state index contributed by atoms with van der Waals surface area (Å²) in [5.74, 6) is -13.0. The van der Waals surface area contributed by atoms with Crippen molar-refractivity contribution < 1.29 is 62.6 Å². The number of nitrogens with two attached hydrogens (primary N) is 4. The Bertz CT molecular complexity index is 4080. The smallest absolute Gasteiger partial charge is 0.244 e. The van der Waals surface area contributed by atoms with Gasteiger partial charge in [-0.3, -0.25) is 68.4 Å². The van der Waals surface area contributed by atoms with Crippen LogP contribution < -0.4 is 92.1 Å². The van der Waals surface area contributed by atoms with Crippen LogP contribution in [0.15, 0.2) is 128 Å². The first kappa shape index (κ1) is 83.5. The largest absolute Gasteiger partial charge is 0.508 e. The van der Waals surface area contributed by atoms with Crippen LogP contribution in [0.3, 0.4) is 0 Å². The van der Waals surface area contributed by atoms with Crippen molar-refractivity contribution in [3.05, 3.63) is 156 Å². The Hall–Kier alpha value is -11.7. The van der Waals surface area contributed by atoms with E-state index in [4.69, 9.17) is 33.8 Å². The number of aromatic hydroxyl groups is 1. The number of guanidine groups is 2. The molecule has 1 fully saturated rings. The van der Waals surface area contributed by atoms with Gasteiger partial charge in [-0.05, 0) is 78.5 Å². The number of phenols is 1. The Labute approximate surface area is 630 Å². The quantitative estimate of drug-likeness (QED) is 0.00931. The molecule has 3 heterocycles. The normalized spacial score (nSPS) is 19.0. The number of hydrogen-bond acceptors (Lipinski definition) is 19. The van der Waals surface area contributed by atoms with Crippen molar-refractivity contribution >= 4 is 115 Å². The van der Waals surface area contributed by atoms with E-state index in [1.165, 1.54) is 24.7 Å². The second-order valence-electron chi connectivity index (χ2n) is 25.9. The predicted octanol–water partition coefficient (Wildman–Crippen LogP) is -2.90. The SMILES string of the molecule is CC(C)[C@H](NC(=O)[C@@H](N)Cc1ccc(O)cc1)C(=O)N[C@H]1CSSC[C@@H](C(=O)N[C@@H](CCCNC(=N)N)C(=O)N[C@@H](Cc2ccccc2)C(=O)NCC(N)=O)NC(=O)[C@H](Cc2c[nH]c3ccccc23)NC(=O)[C@H](CCCNC(=N)N)NC(=O)[C@H](Cc2ccccc2)NC(=O)[C@H](Cc2c[nH]cn2)NC(=O)CNC1=O. The third kappa shape index (κ3) is 27.6. The van der Waals surface area contributed by atoms with Crippen LogP contribution in [0, 0.1) is 16.7 Å². The number of aromatic amines is 2. The molecule has 1 aliphatic rings. The summed E-state index contributed by atoms with van der Waals surface area (Å²) in [6.45, 7) is 1.91. The molecule has 0 radical (unpaired) electrons. The fraction of sp³-hybridized carbons (Fsp3) is 0.394. The molecule has 578 valence electrons. The van der Waals surface area contributed by atoms with Gasteiger partial charge in [-0.1, -0.05) is 126 Å². The van der Waals surface area contributed by atoms with Crippen molar-refractivity contribution in [3.63, 3.8) is 0 Å². The predicted molar refractivity (Wildman–Crippen MR) is 405 cm³/mol. The zero-order valence-corrected chi connectivity index (χ0v) is 61.1. The lowest BCUT2D eigenvalue weighted by atomic mass is 10.0. The molecule has 0 saturated carbocycles. The monoisotopic (exact) mass is 1530 g/mol. The number of phenolic OH excluding ortho intramolecular Hbond substituents is 1. The van der Waals surface area contributed by atoms with Crippen LogP contribution >= 0.6 is 21.6 Å². The van der Waals surface area contributed by atoms with Crippen LogP contribution in [-0.2, 0) is 89.6 Å². The maximum atomic E-state index is 15.5. The van der Waals surface area contributed by atoms with Gasteiger partial charge in [-0.2, -0.15) is 0 Å². The summed E-state index contributed by atoms with van der Waals surface area (Å²) in [5.41, 5.74) is 26.1. The van der Waals surface area contributed by atoms with Gasteiger partial charge in [0.2, 0.25) is 70.9 Å². The van der Waals surface area contributed by atoms with Crippen LogP contribution in [0.2, 0.25) is 0 Å². The van der Waals surface area contributed by atoms with Gasteiger partial charge in [0.05, 0.1) is 31.2 Å². The number of carbonyl (C=O) groups excluding carboxylic acids is 12. The minimum absolute atomic E-state index is 0.00878. The topological polar surface area (TPSA) is 578 Å². The molecule has 1 aliphatic heterocycles. The first-order chi connectivity index (χ1) is 51.7. The molecule has 2 aromatic heterocycles. The molecule has 0 unspecified atom stereocenters. The fourth-order valence-electron chi connectivity index (χ4n) is 11.4. The van der Waals surface area contributed by atoms with E-state index < -0.39 is 162 Å². The maximum Gasteiger partial charge on any atom is 0.244 e. The van der Waals surface area contributed by atoms with E-state index in [0.29, 0.717) is 38.9 Å². The van der Waals surface area contributed by atoms with Crippen LogP contribution in [0.1, 0.15) is 67.5 Å². The minimum atomic E-state index is -1.69. The lowest BCUT2D eigenvalue weighted by molar-refractivity contribution is -0.135. The van der Waals surface area contributed by atoms with E-state index >= 15 is 19.2 Å². The Morgan fingerprint density at radius 2 is 1.19 bits per heavy atom. The lowest BCUT2D eigenvalue weighted by Gasteiger charge is -2.28. The number of primary amides is 1. The number of benzene rings is 4. The summed E-state index contributed by atoms with van der Waals surface area (Å²) in [7, 11) is 1.79. The number of amides is 12. The molecule has 37 heteroatoms. The number of para-hydroxylation sites is 1. The first-order valence-electron chi connectivity index (χ1n) is 34.8. The van der Waals surface area contributed by atoms with Crippen molar-refractivity contribution in [2.75, 3.05) is 37.7 Å². The first-order valence-corrected chi connectivity index (χ1v) is 37.3. The van der Waals surface area contributed by atoms with Gasteiger partial charge in [-0.15, -0.1) is 0 Å². The number of aromatic nitrogens is 3. The molecular formula is C71H94N22O13S2. The lowest BCUT2D eigenvalue weighted by Crippen LogP contribution is -2.61. The van der Waals surface area contributed by atoms with Crippen LogP contribution in [0.5, 0.6) is 5.75 Å². The molecule has 0 spiro atoms. The Morgan fingerprint density at radius 1 is 0.593 bits per heavy atom. The zero-order valence-electron chi connectivity index (χ0n) is 59.5. The highest BCUT2D eigenvalue weighted by Gasteiger charge is 2.37. The van der Waals surface area contributed by atoms with Gasteiger partial charge in [0, 0.05) is 73.6 Å². The molecule has 1 saturated heterocycles. The van der Waals surface area contributed by atoms with E-state index in [1.807, 2.05) is 0 Å². The Balaban J connectivity index is 1.30. The molecule has 7 rings (SSSR count). The van der Waals surface area contributed by atoms with Gasteiger partial charge in [-0.25, -0.2) is 4.98 Å². The zero-order chi connectivity index (χ0) is 78.2. The highest BCUT2D eigenvalue weighted by Crippen LogP contribution is 2.25. The third-order valence-electron chi connectivity index (χ3n) is 17.1. The van der Waals surface area contributed by atoms with Crippen LogP contribution in [0.25, 0.3) is 10.9 Å². The fourth-order valence-corrected chi connectivity index (χ4v) is 13.7. The molecule has 0 aliphatic carbocycles. The number of imidazole rings is 1. The standard InChI is InChI=1S/C71H94N22O13S2/c1-39(2)59(93-60(97)47(72)27-42-21-23-45(94)24-22-42)69(106)92-55-36-107-108-37-56(68(105)87-50(20-12-26-80-71(76)77)63(100)88-51(61(98)82-34-57(73)95)28-40-13-5-3-6-14-40)91-66(103)53(30-43-32-81-48-18-10-9-17-46(43)48)90-64(101)49(19-11-25-79-70(74)75)86-65(102)52(29-41-15-7-4-8-16-41)89-67(104)54(31-44-33-78-38-84-44)85-58(96)35-83-62(55)99/h3-10,13-18,21-24,32-33,38-39,47,49-56,59,81,94H,11-12,19-20,25-31,34-37,72H2,1-2H3,(H2,73,95)(H,78,84)(H,82,98)(H,83,99)(H,85,96)(H,86,102)(H,87,105)(H,88,100)(H,89,104)(H,90,101)(H,91,103)(H,92,106)(H,93,97)(H4,74,75,79)(H4,76,77,80)/t47-,49-,50-,51-,52-,53-,54-,55-,56-,59-/m0/s1. The molecule has 4 aromatic carbocycles. The summed E-state index contributed by atoms with van der Waals surface area (Å²) in [6.07, 6.45) is 3.43. The second kappa shape index (κ2) is 42.4. The Morgan fingerprint density at radius 3 is 1.83 bits per heavy atom. The van der Waals surface area contributed by atoms with Crippen molar-refractivity contribution in [2.24, 2.45) is 28.9 Å². The van der Waals surface area contributed by atoms with E-state index in [-0.39, 0.29) is 88.3 Å². The summed E-state index contributed by atoms with van der Waals surface area (Å²) in [6, 6.07) is 15.4. The average Bonchev–Trinajstić information content (AvgIpc) is 1.59. The molecule has 35 nitrogen and oxygen atoms in total. The molecule has 6 aromatic rings. The number of fused-ring (bicyclic) bond motifs is 1. The number of hydrogen-bond donors (Lipinski definition) is 22. The minimum Gasteiger partial charge on any atom is -0.508 e. The molecule has 12 amide bonds. The van der Waals surface area contributed by atoms with Gasteiger partial charge in [0.15, 0.2) is 11.9 Å². The summed E-state index contributed by atoms with van der Waals surface area (Å²) in [5, 5.41) is 60.7. The van der Waals surface area contributed by atoms with E-state index in [2.05, 4.69) is 84.1 Å². The number of nitrogens with zero attached hydrogens (tertiary/aromatic N) is 1. The summed E-state index contributed by atoms with van der Waals surface area (Å²) in [4.78, 5) is 184. The van der Waals surface area contributed by atoms with Gasteiger partial charge in [0.1, 0.15) is 60.1 Å². The summed E-state index contributed by atoms with van der Waals surface area (Å²) < 4.78 is 0. The van der Waals surface area contributed by atoms with Crippen molar-refractivity contribution in [1.82, 2.24) is 84.1 Å². The maximum absolute atomic E-state index is 15.5. The van der Waals surface area contributed by atoms with Gasteiger partial charge < -0.3 is 107 Å². The summed E-state index contributed by atoms with van der Waals surface area (Å²) >= 11 is 0. The van der Waals surface area contributed by atoms with Gasteiger partial charge in [0.25, 0.3) is 0 Å². The number of carbonyl (C=O) groups is 12. The third-order valence-corrected chi connectivity index (χ3v) is 19.5.